The number of phenolic OH excluding ortho intramolecular Hbond substituents is 1. The standard InChI is InChI=1S/C26H34ClNO5S/c1-4-6-9-22(28-31)19-11-12-23(20(8-5-2)26(19)30)33-14-7-15-34-24-13-10-18(16-21(24)27)17-25(29)32-3/h10-13,16,22,30H,4-9,14-15,17H2,1-3H3. The van der Waals surface area contributed by atoms with E-state index in [2.05, 4.69) is 16.8 Å². The molecule has 186 valence electrons. The number of hydrogen-bond acceptors (Lipinski definition) is 7. The van der Waals surface area contributed by atoms with Crippen molar-refractivity contribution in [1.29, 1.82) is 0 Å². The highest BCUT2D eigenvalue weighted by Gasteiger charge is 2.20. The molecule has 0 saturated carbocycles. The lowest BCUT2D eigenvalue weighted by Gasteiger charge is -2.18. The van der Waals surface area contributed by atoms with Crippen LogP contribution in [0.4, 0.5) is 0 Å². The highest BCUT2D eigenvalue weighted by molar-refractivity contribution is 7.99. The Bertz CT molecular complexity index is 953. The fraction of sp³-hybridized carbons (Fsp3) is 0.500. The lowest BCUT2D eigenvalue weighted by molar-refractivity contribution is -0.139. The number of unbranched alkanes of at least 4 members (excludes halogenated alkanes) is 1. The van der Waals surface area contributed by atoms with Gasteiger partial charge < -0.3 is 14.6 Å². The first-order chi connectivity index (χ1) is 16.4. The largest absolute Gasteiger partial charge is 0.507 e. The zero-order valence-electron chi connectivity index (χ0n) is 20.1. The van der Waals surface area contributed by atoms with Crippen LogP contribution in [0, 0.1) is 4.91 Å². The van der Waals surface area contributed by atoms with E-state index >= 15 is 0 Å². The van der Waals surface area contributed by atoms with Gasteiger partial charge in [-0.1, -0.05) is 56.0 Å². The van der Waals surface area contributed by atoms with Crippen LogP contribution < -0.4 is 4.74 Å². The third-order valence-corrected chi connectivity index (χ3v) is 7.05. The molecule has 0 heterocycles. The number of nitrogens with zero attached hydrogens (tertiary/aromatic N) is 1. The minimum Gasteiger partial charge on any atom is -0.507 e. The molecule has 1 N–H and O–H groups in total. The molecule has 0 aromatic heterocycles. The van der Waals surface area contributed by atoms with E-state index in [1.807, 2.05) is 25.1 Å². The number of carbonyl (C=O) groups is 1. The molecule has 0 aliphatic carbocycles. The number of carbonyl (C=O) groups excluding carboxylic acids is 1. The van der Waals surface area contributed by atoms with E-state index in [4.69, 9.17) is 16.3 Å². The van der Waals surface area contributed by atoms with E-state index in [1.165, 1.54) is 7.11 Å². The maximum absolute atomic E-state index is 11.4. The number of rotatable bonds is 15. The van der Waals surface area contributed by atoms with Gasteiger partial charge in [-0.05, 0) is 49.1 Å². The molecule has 0 aliphatic rings. The van der Waals surface area contributed by atoms with E-state index in [1.54, 1.807) is 23.9 Å². The summed E-state index contributed by atoms with van der Waals surface area (Å²) in [5, 5.41) is 14.7. The van der Waals surface area contributed by atoms with E-state index in [0.29, 0.717) is 35.8 Å². The molecule has 0 saturated heterocycles. The van der Waals surface area contributed by atoms with Gasteiger partial charge in [-0.3, -0.25) is 4.79 Å². The topological polar surface area (TPSA) is 85.2 Å². The molecule has 2 aromatic rings. The van der Waals surface area contributed by atoms with Crippen LogP contribution in [0.1, 0.15) is 68.7 Å². The molecule has 0 aliphatic heterocycles. The predicted molar refractivity (Wildman–Crippen MR) is 138 cm³/mol. The molecule has 1 atom stereocenters. The molecule has 2 aromatic carbocycles. The molecular weight excluding hydrogens is 474 g/mol. The third kappa shape index (κ3) is 8.20. The van der Waals surface area contributed by atoms with Crippen LogP contribution in [0.2, 0.25) is 5.02 Å². The summed E-state index contributed by atoms with van der Waals surface area (Å²) < 4.78 is 10.7. The summed E-state index contributed by atoms with van der Waals surface area (Å²) in [6, 6.07) is 8.65. The van der Waals surface area contributed by atoms with Crippen molar-refractivity contribution in [2.45, 2.75) is 69.7 Å². The van der Waals surface area contributed by atoms with Crippen molar-refractivity contribution in [3.8, 4) is 11.5 Å². The second-order valence-electron chi connectivity index (χ2n) is 8.06. The summed E-state index contributed by atoms with van der Waals surface area (Å²) in [6.07, 6.45) is 4.97. The average molecular weight is 508 g/mol. The molecule has 0 bridgehead atoms. The van der Waals surface area contributed by atoms with Gasteiger partial charge in [0.05, 0.1) is 25.2 Å². The number of aromatic hydroxyl groups is 1. The van der Waals surface area contributed by atoms with Gasteiger partial charge >= 0.3 is 5.97 Å². The number of hydrogen-bond donors (Lipinski definition) is 1. The summed E-state index contributed by atoms with van der Waals surface area (Å²) in [4.78, 5) is 23.7. The number of benzene rings is 2. The van der Waals surface area contributed by atoms with Crippen LogP contribution in [0.3, 0.4) is 0 Å². The minimum absolute atomic E-state index is 0.133. The van der Waals surface area contributed by atoms with Gasteiger partial charge in [0, 0.05) is 21.8 Å². The summed E-state index contributed by atoms with van der Waals surface area (Å²) >= 11 is 7.99. The van der Waals surface area contributed by atoms with Crippen molar-refractivity contribution in [3.05, 3.63) is 57.0 Å². The maximum Gasteiger partial charge on any atom is 0.309 e. The normalized spacial score (nSPS) is 11.8. The van der Waals surface area contributed by atoms with Crippen molar-refractivity contribution < 1.29 is 19.4 Å². The molecular formula is C26H34ClNO5S. The van der Waals surface area contributed by atoms with Crippen LogP contribution in [0.15, 0.2) is 40.4 Å². The number of phenols is 1. The maximum atomic E-state index is 11.4. The zero-order valence-corrected chi connectivity index (χ0v) is 21.7. The first-order valence-electron chi connectivity index (χ1n) is 11.7. The Morgan fingerprint density at radius 1 is 1.18 bits per heavy atom. The number of methoxy groups -OCH3 is 1. The fourth-order valence-corrected chi connectivity index (χ4v) is 4.84. The Kier molecular flexibility index (Phi) is 12.3. The third-order valence-electron chi connectivity index (χ3n) is 5.46. The molecule has 6 nitrogen and oxygen atoms in total. The van der Waals surface area contributed by atoms with Crippen LogP contribution >= 0.6 is 23.4 Å². The highest BCUT2D eigenvalue weighted by atomic mass is 35.5. The smallest absolute Gasteiger partial charge is 0.309 e. The number of ether oxygens (including phenoxy) is 2. The summed E-state index contributed by atoms with van der Waals surface area (Å²) in [5.41, 5.74) is 2.14. The van der Waals surface area contributed by atoms with E-state index in [0.717, 1.165) is 47.5 Å². The van der Waals surface area contributed by atoms with Crippen molar-refractivity contribution in [1.82, 2.24) is 0 Å². The van der Waals surface area contributed by atoms with Gasteiger partial charge in [0.25, 0.3) is 0 Å². The molecule has 8 heteroatoms. The lowest BCUT2D eigenvalue weighted by atomic mass is 9.96. The number of halogens is 1. The SMILES string of the molecule is CCCCC(N=O)c1ccc(OCCCSc2ccc(CC(=O)OC)cc2Cl)c(CCC)c1O. The Labute approximate surface area is 211 Å². The fourth-order valence-electron chi connectivity index (χ4n) is 3.63. The Hall–Kier alpha value is -2.25. The van der Waals surface area contributed by atoms with Crippen LogP contribution in [0.5, 0.6) is 11.5 Å². The van der Waals surface area contributed by atoms with E-state index in [9.17, 15) is 14.8 Å². The summed E-state index contributed by atoms with van der Waals surface area (Å²) in [7, 11) is 1.36. The zero-order chi connectivity index (χ0) is 24.9. The van der Waals surface area contributed by atoms with Gasteiger partial charge in [-0.15, -0.1) is 11.8 Å². The second-order valence-corrected chi connectivity index (χ2v) is 9.61. The van der Waals surface area contributed by atoms with Gasteiger partial charge in [0.2, 0.25) is 0 Å². The summed E-state index contributed by atoms with van der Waals surface area (Å²) in [6.45, 7) is 4.60. The number of nitroso groups, excluding NO2 is 1. The molecule has 0 spiro atoms. The predicted octanol–water partition coefficient (Wildman–Crippen LogP) is 7.27. The van der Waals surface area contributed by atoms with E-state index < -0.39 is 6.04 Å². The number of thioether (sulfide) groups is 1. The Balaban J connectivity index is 1.94. The van der Waals surface area contributed by atoms with Crippen molar-refractivity contribution in [3.63, 3.8) is 0 Å². The van der Waals surface area contributed by atoms with Gasteiger partial charge in [-0.2, -0.15) is 4.91 Å². The molecule has 2 rings (SSSR count). The first-order valence-corrected chi connectivity index (χ1v) is 13.1. The lowest BCUT2D eigenvalue weighted by Crippen LogP contribution is -2.05. The minimum atomic E-state index is -0.537. The van der Waals surface area contributed by atoms with Gasteiger partial charge in [0.15, 0.2) is 0 Å². The van der Waals surface area contributed by atoms with Gasteiger partial charge in [-0.25, -0.2) is 0 Å². The van der Waals surface area contributed by atoms with Gasteiger partial charge in [0.1, 0.15) is 17.5 Å². The Morgan fingerprint density at radius 3 is 2.62 bits per heavy atom. The van der Waals surface area contributed by atoms with Crippen LogP contribution in [-0.2, 0) is 22.4 Å². The quantitative estimate of drug-likeness (QED) is 0.118. The summed E-state index contributed by atoms with van der Waals surface area (Å²) in [5.74, 6) is 1.29. The molecule has 0 fully saturated rings. The Morgan fingerprint density at radius 2 is 1.97 bits per heavy atom. The van der Waals surface area contributed by atoms with Crippen molar-refractivity contribution >= 4 is 29.3 Å². The molecule has 0 radical (unpaired) electrons. The highest BCUT2D eigenvalue weighted by Crippen LogP contribution is 2.38. The van der Waals surface area contributed by atoms with Crippen molar-refractivity contribution in [2.75, 3.05) is 19.5 Å². The average Bonchev–Trinajstić information content (AvgIpc) is 2.83. The van der Waals surface area contributed by atoms with Crippen LogP contribution in [-0.4, -0.2) is 30.5 Å². The molecule has 34 heavy (non-hydrogen) atoms. The molecule has 0 amide bonds. The molecule has 1 unspecified atom stereocenters. The first kappa shape index (κ1) is 28.0. The number of esters is 1. The monoisotopic (exact) mass is 507 g/mol. The van der Waals surface area contributed by atoms with Crippen molar-refractivity contribution in [2.24, 2.45) is 5.18 Å². The van der Waals surface area contributed by atoms with E-state index in [-0.39, 0.29) is 18.1 Å². The second kappa shape index (κ2) is 14.9. The van der Waals surface area contributed by atoms with Crippen LogP contribution in [0.25, 0.3) is 0 Å².